The largest absolute Gasteiger partial charge is 0.481 e. The van der Waals surface area contributed by atoms with Gasteiger partial charge in [-0.2, -0.15) is 0 Å². The molecule has 20 heavy (non-hydrogen) atoms. The van der Waals surface area contributed by atoms with E-state index in [2.05, 4.69) is 45.3 Å². The molecule has 0 aromatic heterocycles. The zero-order valence-electron chi connectivity index (χ0n) is 13.5. The maximum absolute atomic E-state index is 11.7. The first-order chi connectivity index (χ1) is 9.10. The summed E-state index contributed by atoms with van der Waals surface area (Å²) in [4.78, 5) is 22.5. The predicted octanol–water partition coefficient (Wildman–Crippen LogP) is 2.02. The summed E-state index contributed by atoms with van der Waals surface area (Å²) in [6.07, 6.45) is 1.34. The summed E-state index contributed by atoms with van der Waals surface area (Å²) in [7, 11) is 0. The number of nitrogens with one attached hydrogen (secondary N) is 2. The molecule has 0 fully saturated rings. The molecule has 0 aromatic rings. The smallest absolute Gasteiger partial charge is 0.303 e. The standard InChI is InChI=1S/C15H30N2O3/c1-11(2)8-12(9-14(19)20)10-16-13(18)6-7-17-15(3,4)5/h11-12,17H,6-10H2,1-5H3,(H,16,18)(H,19,20)/t12-/m0/s1. The van der Waals surface area contributed by atoms with Crippen molar-refractivity contribution in [3.63, 3.8) is 0 Å². The highest BCUT2D eigenvalue weighted by molar-refractivity contribution is 5.76. The highest BCUT2D eigenvalue weighted by Gasteiger charge is 2.16. The topological polar surface area (TPSA) is 78.4 Å². The lowest BCUT2D eigenvalue weighted by molar-refractivity contribution is -0.138. The summed E-state index contributed by atoms with van der Waals surface area (Å²) >= 11 is 0. The van der Waals surface area contributed by atoms with E-state index in [4.69, 9.17) is 5.11 Å². The van der Waals surface area contributed by atoms with Gasteiger partial charge in [0.1, 0.15) is 0 Å². The van der Waals surface area contributed by atoms with Crippen molar-refractivity contribution in [3.8, 4) is 0 Å². The van der Waals surface area contributed by atoms with E-state index in [1.54, 1.807) is 0 Å². The van der Waals surface area contributed by atoms with Crippen molar-refractivity contribution >= 4 is 11.9 Å². The van der Waals surface area contributed by atoms with Gasteiger partial charge < -0.3 is 15.7 Å². The zero-order chi connectivity index (χ0) is 15.8. The fourth-order valence-corrected chi connectivity index (χ4v) is 2.05. The highest BCUT2D eigenvalue weighted by Crippen LogP contribution is 2.14. The minimum Gasteiger partial charge on any atom is -0.481 e. The van der Waals surface area contributed by atoms with Crippen molar-refractivity contribution in [1.82, 2.24) is 10.6 Å². The number of carbonyl (C=O) groups is 2. The Balaban J connectivity index is 4.01. The SMILES string of the molecule is CC(C)C[C@H](CNC(=O)CCNC(C)(C)C)CC(=O)O. The van der Waals surface area contributed by atoms with Crippen LogP contribution in [0, 0.1) is 11.8 Å². The Hall–Kier alpha value is -1.10. The van der Waals surface area contributed by atoms with E-state index in [-0.39, 0.29) is 23.8 Å². The van der Waals surface area contributed by atoms with Crippen LogP contribution in [0.2, 0.25) is 0 Å². The Morgan fingerprint density at radius 2 is 1.80 bits per heavy atom. The Morgan fingerprint density at radius 1 is 1.20 bits per heavy atom. The van der Waals surface area contributed by atoms with Crippen LogP contribution in [0.25, 0.3) is 0 Å². The first kappa shape index (κ1) is 18.9. The van der Waals surface area contributed by atoms with Gasteiger partial charge in [-0.05, 0) is 39.0 Å². The van der Waals surface area contributed by atoms with Gasteiger partial charge in [-0.15, -0.1) is 0 Å². The number of rotatable bonds is 9. The molecule has 0 heterocycles. The molecule has 5 heteroatoms. The lowest BCUT2D eigenvalue weighted by Crippen LogP contribution is -2.39. The van der Waals surface area contributed by atoms with Crippen molar-refractivity contribution in [1.29, 1.82) is 0 Å². The fourth-order valence-electron chi connectivity index (χ4n) is 2.05. The molecule has 1 atom stereocenters. The molecule has 0 rings (SSSR count). The minimum atomic E-state index is -0.806. The Morgan fingerprint density at radius 3 is 2.25 bits per heavy atom. The van der Waals surface area contributed by atoms with Crippen LogP contribution in [-0.2, 0) is 9.59 Å². The zero-order valence-corrected chi connectivity index (χ0v) is 13.5. The molecule has 0 aliphatic heterocycles. The third kappa shape index (κ3) is 12.0. The van der Waals surface area contributed by atoms with E-state index in [9.17, 15) is 9.59 Å². The first-order valence-electron chi connectivity index (χ1n) is 7.33. The van der Waals surface area contributed by atoms with Crippen molar-refractivity contribution in [2.75, 3.05) is 13.1 Å². The molecule has 0 aliphatic rings. The second-order valence-corrected chi connectivity index (χ2v) is 6.82. The number of hydrogen-bond donors (Lipinski definition) is 3. The van der Waals surface area contributed by atoms with Gasteiger partial charge in [-0.3, -0.25) is 9.59 Å². The molecule has 3 N–H and O–H groups in total. The van der Waals surface area contributed by atoms with Gasteiger partial charge in [-0.25, -0.2) is 0 Å². The maximum Gasteiger partial charge on any atom is 0.303 e. The van der Waals surface area contributed by atoms with Crippen LogP contribution in [0.4, 0.5) is 0 Å². The van der Waals surface area contributed by atoms with E-state index in [0.29, 0.717) is 25.4 Å². The predicted molar refractivity (Wildman–Crippen MR) is 80.6 cm³/mol. The second kappa shape index (κ2) is 8.95. The average Bonchev–Trinajstić information content (AvgIpc) is 2.22. The van der Waals surface area contributed by atoms with Crippen LogP contribution in [0.1, 0.15) is 53.9 Å². The van der Waals surface area contributed by atoms with Gasteiger partial charge >= 0.3 is 5.97 Å². The number of amides is 1. The molecule has 0 aromatic carbocycles. The van der Waals surface area contributed by atoms with Gasteiger partial charge in [0, 0.05) is 31.5 Å². The van der Waals surface area contributed by atoms with Crippen LogP contribution in [-0.4, -0.2) is 35.6 Å². The van der Waals surface area contributed by atoms with E-state index in [1.165, 1.54) is 0 Å². The summed E-state index contributed by atoms with van der Waals surface area (Å²) in [5.74, 6) is -0.397. The van der Waals surface area contributed by atoms with Gasteiger partial charge in [-0.1, -0.05) is 13.8 Å². The van der Waals surface area contributed by atoms with Crippen molar-refractivity contribution in [2.24, 2.45) is 11.8 Å². The molecule has 0 bridgehead atoms. The molecule has 0 saturated carbocycles. The Bertz CT molecular complexity index is 309. The molecule has 0 unspecified atom stereocenters. The third-order valence-electron chi connectivity index (χ3n) is 2.86. The summed E-state index contributed by atoms with van der Waals surface area (Å²) in [5, 5.41) is 15.0. The molecular weight excluding hydrogens is 256 g/mol. The Labute approximate surface area is 122 Å². The van der Waals surface area contributed by atoms with Crippen LogP contribution in [0.5, 0.6) is 0 Å². The number of carboxylic acids is 1. The molecule has 0 aliphatic carbocycles. The van der Waals surface area contributed by atoms with Crippen LogP contribution >= 0.6 is 0 Å². The van der Waals surface area contributed by atoms with Crippen molar-refractivity contribution in [3.05, 3.63) is 0 Å². The lowest BCUT2D eigenvalue weighted by atomic mass is 9.94. The summed E-state index contributed by atoms with van der Waals surface area (Å²) in [5.41, 5.74) is 0.00374. The maximum atomic E-state index is 11.7. The van der Waals surface area contributed by atoms with Crippen molar-refractivity contribution < 1.29 is 14.7 Å². The molecule has 5 nitrogen and oxygen atoms in total. The Kier molecular flexibility index (Phi) is 8.46. The van der Waals surface area contributed by atoms with Gasteiger partial charge in [0.25, 0.3) is 0 Å². The third-order valence-corrected chi connectivity index (χ3v) is 2.86. The lowest BCUT2D eigenvalue weighted by Gasteiger charge is -2.21. The quantitative estimate of drug-likeness (QED) is 0.606. The molecule has 0 spiro atoms. The molecule has 0 radical (unpaired) electrons. The average molecular weight is 286 g/mol. The molecule has 0 saturated heterocycles. The second-order valence-electron chi connectivity index (χ2n) is 6.82. The van der Waals surface area contributed by atoms with E-state index in [1.807, 2.05) is 0 Å². The number of carbonyl (C=O) groups excluding carboxylic acids is 1. The van der Waals surface area contributed by atoms with Crippen molar-refractivity contribution in [2.45, 2.75) is 59.4 Å². The summed E-state index contributed by atoms with van der Waals surface area (Å²) < 4.78 is 0. The highest BCUT2D eigenvalue weighted by atomic mass is 16.4. The number of aliphatic carboxylic acids is 1. The van der Waals surface area contributed by atoms with Gasteiger partial charge in [0.15, 0.2) is 0 Å². The van der Waals surface area contributed by atoms with E-state index < -0.39 is 5.97 Å². The number of carboxylic acid groups (broad SMARTS) is 1. The normalized spacial score (nSPS) is 13.3. The van der Waals surface area contributed by atoms with Gasteiger partial charge in [0.2, 0.25) is 5.91 Å². The first-order valence-corrected chi connectivity index (χ1v) is 7.33. The molecule has 118 valence electrons. The summed E-state index contributed by atoms with van der Waals surface area (Å²) in [6, 6.07) is 0. The number of hydrogen-bond acceptors (Lipinski definition) is 3. The molecule has 1 amide bonds. The van der Waals surface area contributed by atoms with Gasteiger partial charge in [0.05, 0.1) is 0 Å². The van der Waals surface area contributed by atoms with Crippen LogP contribution < -0.4 is 10.6 Å². The van der Waals surface area contributed by atoms with E-state index >= 15 is 0 Å². The fraction of sp³-hybridized carbons (Fsp3) is 0.867. The monoisotopic (exact) mass is 286 g/mol. The van der Waals surface area contributed by atoms with Crippen LogP contribution in [0.15, 0.2) is 0 Å². The molecular formula is C15H30N2O3. The summed E-state index contributed by atoms with van der Waals surface area (Å²) in [6.45, 7) is 11.3. The van der Waals surface area contributed by atoms with E-state index in [0.717, 1.165) is 6.42 Å². The van der Waals surface area contributed by atoms with Crippen LogP contribution in [0.3, 0.4) is 0 Å². The minimum absolute atomic E-state index is 0.00374.